The zero-order valence-corrected chi connectivity index (χ0v) is 45.3. The fraction of sp³-hybridized carbons (Fsp3) is 0.730. The summed E-state index contributed by atoms with van der Waals surface area (Å²) in [6.45, 7) is 6.54. The Hall–Kier alpha value is -3.41. The van der Waals surface area contributed by atoms with Crippen LogP contribution in [0, 0.1) is 0 Å². The minimum Gasteiger partial charge on any atom is -0.462 e. The van der Waals surface area contributed by atoms with Gasteiger partial charge in [-0.2, -0.15) is 0 Å². The maximum atomic E-state index is 12.9. The quantitative estimate of drug-likeness (QED) is 0.0262. The summed E-state index contributed by atoms with van der Waals surface area (Å²) < 4.78 is 16.8. The van der Waals surface area contributed by atoms with Crippen LogP contribution in [0.3, 0.4) is 0 Å². The second-order valence-electron chi connectivity index (χ2n) is 19.2. The van der Waals surface area contributed by atoms with Crippen LogP contribution >= 0.6 is 0 Å². The van der Waals surface area contributed by atoms with Gasteiger partial charge in [0.2, 0.25) is 0 Å². The van der Waals surface area contributed by atoms with Crippen LogP contribution in [-0.4, -0.2) is 37.2 Å². The normalized spacial score (nSPS) is 12.7. The maximum Gasteiger partial charge on any atom is 0.306 e. The van der Waals surface area contributed by atoms with Crippen LogP contribution in [0.15, 0.2) is 85.1 Å². The summed E-state index contributed by atoms with van der Waals surface area (Å²) in [5, 5.41) is 0. The Morgan fingerprint density at radius 1 is 0.290 bits per heavy atom. The third kappa shape index (κ3) is 55.4. The van der Waals surface area contributed by atoms with E-state index in [0.29, 0.717) is 19.3 Å². The van der Waals surface area contributed by atoms with E-state index in [1.165, 1.54) is 141 Å². The molecule has 0 N–H and O–H groups in total. The molecule has 0 aromatic carbocycles. The molecule has 0 aliphatic carbocycles. The minimum atomic E-state index is -0.807. The largest absolute Gasteiger partial charge is 0.462 e. The van der Waals surface area contributed by atoms with Gasteiger partial charge in [-0.15, -0.1) is 0 Å². The first-order valence-electron chi connectivity index (χ1n) is 29.1. The molecule has 0 bridgehead atoms. The number of hydrogen-bond donors (Lipinski definition) is 0. The highest BCUT2D eigenvalue weighted by atomic mass is 16.6. The Morgan fingerprint density at radius 3 is 0.899 bits per heavy atom. The smallest absolute Gasteiger partial charge is 0.306 e. The number of hydrogen-bond acceptors (Lipinski definition) is 6. The number of esters is 3. The van der Waals surface area contributed by atoms with Crippen molar-refractivity contribution in [3.8, 4) is 0 Å². The fourth-order valence-corrected chi connectivity index (χ4v) is 7.97. The lowest BCUT2D eigenvalue weighted by molar-refractivity contribution is -0.167. The molecule has 6 nitrogen and oxygen atoms in total. The van der Waals surface area contributed by atoms with Crippen LogP contribution in [-0.2, 0) is 28.6 Å². The third-order valence-electron chi connectivity index (χ3n) is 12.4. The van der Waals surface area contributed by atoms with Gasteiger partial charge in [0, 0.05) is 19.3 Å². The second-order valence-corrected chi connectivity index (χ2v) is 19.2. The van der Waals surface area contributed by atoms with Gasteiger partial charge in [-0.1, -0.05) is 247 Å². The van der Waals surface area contributed by atoms with Gasteiger partial charge < -0.3 is 14.2 Å². The van der Waals surface area contributed by atoms with E-state index < -0.39 is 6.10 Å². The van der Waals surface area contributed by atoms with Crippen molar-refractivity contribution in [2.45, 2.75) is 284 Å². The fourth-order valence-electron chi connectivity index (χ4n) is 7.97. The van der Waals surface area contributed by atoms with E-state index in [4.69, 9.17) is 14.2 Å². The van der Waals surface area contributed by atoms with Crippen molar-refractivity contribution in [1.29, 1.82) is 0 Å². The van der Waals surface area contributed by atoms with Crippen molar-refractivity contribution >= 4 is 17.9 Å². The maximum absolute atomic E-state index is 12.9. The average molecular weight is 962 g/mol. The molecule has 0 radical (unpaired) electrons. The molecule has 0 saturated heterocycles. The first kappa shape index (κ1) is 65.6. The second kappa shape index (κ2) is 57.2. The lowest BCUT2D eigenvalue weighted by atomic mass is 10.0. The lowest BCUT2D eigenvalue weighted by Crippen LogP contribution is -2.30. The Balaban J connectivity index is 4.49. The summed E-state index contributed by atoms with van der Waals surface area (Å²) in [4.78, 5) is 38.2. The topological polar surface area (TPSA) is 78.9 Å². The molecule has 0 aromatic rings. The predicted octanol–water partition coefficient (Wildman–Crippen LogP) is 19.5. The molecule has 0 amide bonds. The molecule has 0 unspecified atom stereocenters. The summed E-state index contributed by atoms with van der Waals surface area (Å²) >= 11 is 0. The molecule has 396 valence electrons. The Labute approximate surface area is 426 Å². The predicted molar refractivity (Wildman–Crippen MR) is 297 cm³/mol. The highest BCUT2D eigenvalue weighted by Gasteiger charge is 2.19. The highest BCUT2D eigenvalue weighted by Crippen LogP contribution is 2.16. The van der Waals surface area contributed by atoms with Crippen molar-refractivity contribution in [3.63, 3.8) is 0 Å². The number of carbonyl (C=O) groups is 3. The number of ether oxygens (including phenoxy) is 3. The van der Waals surface area contributed by atoms with Gasteiger partial charge >= 0.3 is 17.9 Å². The number of rotatable bonds is 52. The van der Waals surface area contributed by atoms with Crippen molar-refractivity contribution in [3.05, 3.63) is 85.1 Å². The van der Waals surface area contributed by atoms with E-state index in [9.17, 15) is 14.4 Å². The molecule has 0 aromatic heterocycles. The molecule has 0 rings (SSSR count). The Kier molecular flexibility index (Phi) is 54.3. The lowest BCUT2D eigenvalue weighted by Gasteiger charge is -2.18. The van der Waals surface area contributed by atoms with E-state index in [1.807, 2.05) is 0 Å². The number of carbonyl (C=O) groups excluding carboxylic acids is 3. The standard InChI is InChI=1S/C63H108O6/c1-4-7-10-13-16-19-22-25-28-31-34-37-40-43-46-49-52-55-61(64)67-58-60(69-63(66)57-54-51-48-45-42-39-36-33-30-27-24-21-18-15-12-9-6-3)59-68-62(65)56-53-50-47-44-41-38-35-32-29-26-23-20-17-14-11-8-5-2/h16-17,19-20,25-26,28-29,34-35,37-38,43,46,60H,4-15,18,21-24,27,30-33,36,39-42,44-45,47-59H2,1-3H3/b19-16-,20-17-,28-25-,29-26-,37-34-,38-35-,46-43-/t60-/m1/s1. The summed E-state index contributed by atoms with van der Waals surface area (Å²) in [6.07, 6.45) is 74.3. The van der Waals surface area contributed by atoms with E-state index in [-0.39, 0.29) is 37.5 Å². The third-order valence-corrected chi connectivity index (χ3v) is 12.4. The zero-order valence-electron chi connectivity index (χ0n) is 45.3. The van der Waals surface area contributed by atoms with Crippen LogP contribution in [0.25, 0.3) is 0 Å². The number of unbranched alkanes of at least 4 members (excludes halogenated alkanes) is 27. The van der Waals surface area contributed by atoms with E-state index in [1.54, 1.807) is 0 Å². The molecule has 69 heavy (non-hydrogen) atoms. The van der Waals surface area contributed by atoms with Gasteiger partial charge in [-0.05, 0) is 96.3 Å². The zero-order chi connectivity index (χ0) is 50.0. The molecular formula is C63H108O6. The monoisotopic (exact) mass is 961 g/mol. The molecule has 1 atom stereocenters. The van der Waals surface area contributed by atoms with E-state index in [2.05, 4.69) is 106 Å². The molecule has 0 spiro atoms. The molecule has 0 aliphatic heterocycles. The van der Waals surface area contributed by atoms with Gasteiger partial charge in [0.1, 0.15) is 13.2 Å². The van der Waals surface area contributed by atoms with Gasteiger partial charge in [0.15, 0.2) is 6.10 Å². The van der Waals surface area contributed by atoms with Crippen LogP contribution in [0.2, 0.25) is 0 Å². The summed E-state index contributed by atoms with van der Waals surface area (Å²) in [6, 6.07) is 0. The average Bonchev–Trinajstić information content (AvgIpc) is 3.35. The van der Waals surface area contributed by atoms with Crippen molar-refractivity contribution in [1.82, 2.24) is 0 Å². The molecule has 0 saturated carbocycles. The molecule has 0 aliphatic rings. The molecule has 6 heteroatoms. The first-order chi connectivity index (χ1) is 34.0. The number of allylic oxidation sites excluding steroid dienone is 14. The molecule has 0 heterocycles. The van der Waals surface area contributed by atoms with Gasteiger partial charge in [0.05, 0.1) is 0 Å². The van der Waals surface area contributed by atoms with E-state index in [0.717, 1.165) is 89.9 Å². The van der Waals surface area contributed by atoms with Crippen LogP contribution < -0.4 is 0 Å². The van der Waals surface area contributed by atoms with Gasteiger partial charge in [-0.25, -0.2) is 0 Å². The van der Waals surface area contributed by atoms with E-state index >= 15 is 0 Å². The van der Waals surface area contributed by atoms with Crippen molar-refractivity contribution in [2.24, 2.45) is 0 Å². The Morgan fingerprint density at radius 2 is 0.536 bits per heavy atom. The van der Waals surface area contributed by atoms with Gasteiger partial charge in [0.25, 0.3) is 0 Å². The SMILES string of the molecule is CCCCC/C=C\C/C=C\C/C=C\C/C=C\CCCC(=O)OC[C@H](COC(=O)CCCCCC/C=C\C/C=C\C/C=C\CCCCC)OC(=O)CCCCCCCCCCCCCCCCCCC. The summed E-state index contributed by atoms with van der Waals surface area (Å²) in [7, 11) is 0. The highest BCUT2D eigenvalue weighted by molar-refractivity contribution is 5.71. The van der Waals surface area contributed by atoms with Crippen LogP contribution in [0.5, 0.6) is 0 Å². The van der Waals surface area contributed by atoms with Crippen LogP contribution in [0.1, 0.15) is 278 Å². The summed E-state index contributed by atoms with van der Waals surface area (Å²) in [5.41, 5.74) is 0. The minimum absolute atomic E-state index is 0.104. The Bertz CT molecular complexity index is 1330. The van der Waals surface area contributed by atoms with Crippen molar-refractivity contribution in [2.75, 3.05) is 13.2 Å². The first-order valence-corrected chi connectivity index (χ1v) is 29.1. The summed E-state index contributed by atoms with van der Waals surface area (Å²) in [5.74, 6) is -0.973. The molecule has 0 fully saturated rings. The molecular weight excluding hydrogens is 853 g/mol. The van der Waals surface area contributed by atoms with Crippen LogP contribution in [0.4, 0.5) is 0 Å². The van der Waals surface area contributed by atoms with Gasteiger partial charge in [-0.3, -0.25) is 14.4 Å². The van der Waals surface area contributed by atoms with Crippen molar-refractivity contribution < 1.29 is 28.6 Å².